The van der Waals surface area contributed by atoms with Crippen LogP contribution in [0.5, 0.6) is 0 Å². The molecular formula is C14H26O2. The van der Waals surface area contributed by atoms with Gasteiger partial charge in [-0.15, -0.1) is 0 Å². The van der Waals surface area contributed by atoms with Crippen molar-refractivity contribution < 1.29 is 9.53 Å². The Morgan fingerprint density at radius 1 is 1.06 bits per heavy atom. The van der Waals surface area contributed by atoms with Crippen LogP contribution < -0.4 is 0 Å². The molecule has 0 saturated heterocycles. The van der Waals surface area contributed by atoms with Gasteiger partial charge in [0.1, 0.15) is 5.60 Å². The van der Waals surface area contributed by atoms with Gasteiger partial charge in [-0.1, -0.05) is 39.5 Å². The Morgan fingerprint density at radius 2 is 1.69 bits per heavy atom. The smallest absolute Gasteiger partial charge is 0.164 e. The normalized spacial score (nSPS) is 20.4. The third kappa shape index (κ3) is 3.58. The molecule has 0 amide bonds. The van der Waals surface area contributed by atoms with Crippen molar-refractivity contribution in [3.63, 3.8) is 0 Å². The number of hydrogen-bond donors (Lipinski definition) is 0. The molecule has 2 nitrogen and oxygen atoms in total. The van der Waals surface area contributed by atoms with E-state index in [2.05, 4.69) is 13.8 Å². The lowest BCUT2D eigenvalue weighted by Gasteiger charge is -2.31. The largest absolute Gasteiger partial charge is 0.367 e. The summed E-state index contributed by atoms with van der Waals surface area (Å²) in [4.78, 5) is 12.3. The van der Waals surface area contributed by atoms with Crippen molar-refractivity contribution in [2.24, 2.45) is 0 Å². The van der Waals surface area contributed by atoms with Crippen LogP contribution in [0, 0.1) is 0 Å². The van der Waals surface area contributed by atoms with Crippen molar-refractivity contribution in [1.82, 2.24) is 0 Å². The van der Waals surface area contributed by atoms with Gasteiger partial charge in [0.25, 0.3) is 0 Å². The molecule has 1 aliphatic rings. The van der Waals surface area contributed by atoms with E-state index in [1.807, 2.05) is 0 Å². The molecule has 2 heteroatoms. The summed E-state index contributed by atoms with van der Waals surface area (Å²) in [6.45, 7) is 4.91. The Balaban J connectivity index is 2.68. The molecule has 94 valence electrons. The van der Waals surface area contributed by atoms with Gasteiger partial charge < -0.3 is 4.74 Å². The van der Waals surface area contributed by atoms with Gasteiger partial charge in [0, 0.05) is 13.0 Å². The van der Waals surface area contributed by atoms with E-state index in [1.165, 1.54) is 12.8 Å². The summed E-state index contributed by atoms with van der Waals surface area (Å²) in [5.74, 6) is 0.352. The number of carbonyl (C=O) groups is 1. The number of ketones is 1. The molecule has 0 unspecified atom stereocenters. The molecule has 0 aliphatic heterocycles. The van der Waals surface area contributed by atoms with Crippen LogP contribution in [0.3, 0.4) is 0 Å². The number of ether oxygens (including phenoxy) is 1. The van der Waals surface area contributed by atoms with E-state index in [4.69, 9.17) is 4.74 Å². The molecule has 0 heterocycles. The quantitative estimate of drug-likeness (QED) is 0.642. The first-order valence-corrected chi connectivity index (χ1v) is 6.92. The predicted molar refractivity (Wildman–Crippen MR) is 66.6 cm³/mol. The third-order valence-corrected chi connectivity index (χ3v) is 3.48. The highest BCUT2D eigenvalue weighted by Crippen LogP contribution is 2.32. The standard InChI is InChI=1S/C14H26O2/c1-3-9-13(15)14(16-12-4-2)10-7-5-6-8-11-14/h3-12H2,1-2H3. The highest BCUT2D eigenvalue weighted by molar-refractivity contribution is 5.87. The number of Topliss-reactive ketones (excluding diaryl/α,β-unsaturated/α-hetero) is 1. The highest BCUT2D eigenvalue weighted by Gasteiger charge is 2.38. The van der Waals surface area contributed by atoms with Crippen LogP contribution in [0.2, 0.25) is 0 Å². The second-order valence-corrected chi connectivity index (χ2v) is 4.93. The zero-order chi connectivity index (χ0) is 11.9. The Kier molecular flexibility index (Phi) is 6.04. The number of hydrogen-bond acceptors (Lipinski definition) is 2. The van der Waals surface area contributed by atoms with Crippen LogP contribution in [-0.2, 0) is 9.53 Å². The lowest BCUT2D eigenvalue weighted by Crippen LogP contribution is -2.41. The molecule has 0 radical (unpaired) electrons. The van der Waals surface area contributed by atoms with Crippen molar-refractivity contribution in [1.29, 1.82) is 0 Å². The Morgan fingerprint density at radius 3 is 2.19 bits per heavy atom. The molecule has 1 aliphatic carbocycles. The monoisotopic (exact) mass is 226 g/mol. The molecule has 1 fully saturated rings. The molecule has 0 aromatic rings. The first-order valence-electron chi connectivity index (χ1n) is 6.92. The van der Waals surface area contributed by atoms with Gasteiger partial charge in [-0.3, -0.25) is 4.79 Å². The molecule has 0 aromatic carbocycles. The zero-order valence-corrected chi connectivity index (χ0v) is 10.9. The second-order valence-electron chi connectivity index (χ2n) is 4.93. The van der Waals surface area contributed by atoms with Crippen LogP contribution >= 0.6 is 0 Å². The van der Waals surface area contributed by atoms with Crippen LogP contribution in [0.15, 0.2) is 0 Å². The van der Waals surface area contributed by atoms with E-state index in [0.29, 0.717) is 12.2 Å². The van der Waals surface area contributed by atoms with Crippen LogP contribution in [-0.4, -0.2) is 18.0 Å². The predicted octanol–water partition coefficient (Wildman–Crippen LogP) is 3.88. The zero-order valence-electron chi connectivity index (χ0n) is 10.9. The van der Waals surface area contributed by atoms with Crippen molar-refractivity contribution in [3.05, 3.63) is 0 Å². The fourth-order valence-electron chi connectivity index (χ4n) is 2.56. The molecule has 1 rings (SSSR count). The minimum Gasteiger partial charge on any atom is -0.367 e. The Labute approximate surface area is 99.8 Å². The summed E-state index contributed by atoms with van der Waals surface area (Å²) >= 11 is 0. The lowest BCUT2D eigenvalue weighted by molar-refractivity contribution is -0.147. The summed E-state index contributed by atoms with van der Waals surface area (Å²) in [5.41, 5.74) is -0.414. The van der Waals surface area contributed by atoms with Gasteiger partial charge in [-0.05, 0) is 25.7 Å². The number of carbonyl (C=O) groups excluding carboxylic acids is 1. The molecule has 0 atom stereocenters. The van der Waals surface area contributed by atoms with Crippen LogP contribution in [0.4, 0.5) is 0 Å². The average molecular weight is 226 g/mol. The van der Waals surface area contributed by atoms with E-state index < -0.39 is 5.60 Å². The summed E-state index contributed by atoms with van der Waals surface area (Å²) in [7, 11) is 0. The first-order chi connectivity index (χ1) is 7.75. The molecule has 0 spiro atoms. The van der Waals surface area contributed by atoms with E-state index in [9.17, 15) is 4.79 Å². The van der Waals surface area contributed by atoms with Crippen LogP contribution in [0.25, 0.3) is 0 Å². The van der Waals surface area contributed by atoms with Crippen molar-refractivity contribution in [2.45, 2.75) is 77.2 Å². The average Bonchev–Trinajstić information content (AvgIpc) is 2.53. The number of rotatable bonds is 6. The maximum Gasteiger partial charge on any atom is 0.164 e. The Bertz CT molecular complexity index is 203. The van der Waals surface area contributed by atoms with E-state index in [1.54, 1.807) is 0 Å². The fourth-order valence-corrected chi connectivity index (χ4v) is 2.56. The summed E-state index contributed by atoms with van der Waals surface area (Å²) in [6.07, 6.45) is 9.35. The Hall–Kier alpha value is -0.370. The molecule has 0 bridgehead atoms. The van der Waals surface area contributed by atoms with Crippen molar-refractivity contribution >= 4 is 5.78 Å². The highest BCUT2D eigenvalue weighted by atomic mass is 16.5. The molecule has 16 heavy (non-hydrogen) atoms. The second kappa shape index (κ2) is 7.05. The molecule has 1 saturated carbocycles. The molecule has 0 N–H and O–H groups in total. The summed E-state index contributed by atoms with van der Waals surface area (Å²) in [6, 6.07) is 0. The van der Waals surface area contributed by atoms with Gasteiger partial charge in [-0.25, -0.2) is 0 Å². The summed E-state index contributed by atoms with van der Waals surface area (Å²) in [5, 5.41) is 0. The maximum atomic E-state index is 12.3. The molecular weight excluding hydrogens is 200 g/mol. The lowest BCUT2D eigenvalue weighted by atomic mass is 9.87. The fraction of sp³-hybridized carbons (Fsp3) is 0.929. The minimum atomic E-state index is -0.414. The van der Waals surface area contributed by atoms with E-state index in [0.717, 1.165) is 45.1 Å². The van der Waals surface area contributed by atoms with E-state index in [-0.39, 0.29) is 0 Å². The topological polar surface area (TPSA) is 26.3 Å². The van der Waals surface area contributed by atoms with Gasteiger partial charge in [-0.2, -0.15) is 0 Å². The summed E-state index contributed by atoms with van der Waals surface area (Å²) < 4.78 is 5.96. The van der Waals surface area contributed by atoms with Crippen molar-refractivity contribution in [2.75, 3.05) is 6.61 Å². The SMILES string of the molecule is CCCOC1(C(=O)CCC)CCCCCC1. The van der Waals surface area contributed by atoms with Crippen LogP contribution in [0.1, 0.15) is 71.6 Å². The first kappa shape index (κ1) is 13.7. The van der Waals surface area contributed by atoms with Gasteiger partial charge in [0.05, 0.1) is 0 Å². The minimum absolute atomic E-state index is 0.352. The maximum absolute atomic E-state index is 12.3. The van der Waals surface area contributed by atoms with Gasteiger partial charge in [0.15, 0.2) is 5.78 Å². The van der Waals surface area contributed by atoms with Gasteiger partial charge >= 0.3 is 0 Å². The van der Waals surface area contributed by atoms with E-state index >= 15 is 0 Å². The van der Waals surface area contributed by atoms with Crippen molar-refractivity contribution in [3.8, 4) is 0 Å². The third-order valence-electron chi connectivity index (χ3n) is 3.48. The van der Waals surface area contributed by atoms with Gasteiger partial charge in [0.2, 0.25) is 0 Å². The molecule has 0 aromatic heterocycles.